The van der Waals surface area contributed by atoms with Gasteiger partial charge in [-0.15, -0.1) is 0 Å². The number of halogens is 2. The topological polar surface area (TPSA) is 17.1 Å². The molecule has 0 radical (unpaired) electrons. The number of carbonyl (C=O) groups excluding carboxylic acids is 1. The lowest BCUT2D eigenvalue weighted by Gasteiger charge is -2.04. The lowest BCUT2D eigenvalue weighted by atomic mass is 10.1. The fourth-order valence-corrected chi connectivity index (χ4v) is 2.27. The van der Waals surface area contributed by atoms with E-state index in [1.165, 1.54) is 0 Å². The third kappa shape index (κ3) is 2.07. The van der Waals surface area contributed by atoms with Crippen LogP contribution < -0.4 is 0 Å². The molecule has 1 nitrogen and oxygen atoms in total. The van der Waals surface area contributed by atoms with E-state index in [1.807, 2.05) is 19.1 Å². The summed E-state index contributed by atoms with van der Waals surface area (Å²) in [5.41, 5.74) is 1.87. The molecule has 3 heteroatoms. The van der Waals surface area contributed by atoms with E-state index in [9.17, 15) is 4.79 Å². The van der Waals surface area contributed by atoms with E-state index in [0.717, 1.165) is 19.2 Å². The molecule has 0 atom stereocenters. The van der Waals surface area contributed by atoms with Crippen molar-refractivity contribution in [3.63, 3.8) is 0 Å². The van der Waals surface area contributed by atoms with Gasteiger partial charge in [0.2, 0.25) is 0 Å². The average molecular weight is 339 g/mol. The summed E-state index contributed by atoms with van der Waals surface area (Å²) in [5.74, 6) is 0.100. The molecule has 0 aliphatic carbocycles. The molecule has 0 unspecified atom stereocenters. The first kappa shape index (κ1) is 10.2. The summed E-state index contributed by atoms with van der Waals surface area (Å²) in [4.78, 5) is 11.1. The number of aryl methyl sites for hydroxylation is 1. The molecule has 12 heavy (non-hydrogen) atoms. The molecule has 0 fully saturated rings. The Morgan fingerprint density at radius 1 is 1.50 bits per heavy atom. The van der Waals surface area contributed by atoms with Crippen molar-refractivity contribution in [2.45, 2.75) is 13.8 Å². The summed E-state index contributed by atoms with van der Waals surface area (Å²) < 4.78 is 2.01. The van der Waals surface area contributed by atoms with Crippen molar-refractivity contribution in [3.8, 4) is 0 Å². The molecule has 1 aromatic carbocycles. The standard InChI is InChI=1S/C9H8BrIO/c1-5-3-7(11)4-8(6(2)12)9(5)10/h3-4H,1-2H3. The molecule has 0 bridgehead atoms. The van der Waals surface area contributed by atoms with Crippen molar-refractivity contribution in [3.05, 3.63) is 31.3 Å². The number of carbonyl (C=O) groups is 1. The first-order valence-corrected chi connectivity index (χ1v) is 5.36. The monoisotopic (exact) mass is 338 g/mol. The lowest BCUT2D eigenvalue weighted by Crippen LogP contribution is -1.96. The van der Waals surface area contributed by atoms with Gasteiger partial charge in [0.1, 0.15) is 0 Å². The number of ketones is 1. The number of Topliss-reactive ketones (excluding diaryl/α,β-unsaturated/α-hetero) is 1. The quantitative estimate of drug-likeness (QED) is 0.565. The molecule has 0 aromatic heterocycles. The summed E-state index contributed by atoms with van der Waals surface area (Å²) in [6.45, 7) is 3.56. The van der Waals surface area contributed by atoms with E-state index in [0.29, 0.717) is 0 Å². The van der Waals surface area contributed by atoms with Gasteiger partial charge in [0.05, 0.1) is 0 Å². The minimum Gasteiger partial charge on any atom is -0.294 e. The Balaban J connectivity index is 3.37. The van der Waals surface area contributed by atoms with Crippen LogP contribution in [-0.2, 0) is 0 Å². The summed E-state index contributed by atoms with van der Waals surface area (Å²) >= 11 is 5.60. The Bertz CT molecular complexity index is 334. The molecule has 64 valence electrons. The average Bonchev–Trinajstić information content (AvgIpc) is 1.96. The maximum Gasteiger partial charge on any atom is 0.160 e. The van der Waals surface area contributed by atoms with Gasteiger partial charge in [-0.3, -0.25) is 4.79 Å². The molecule has 1 aromatic rings. The number of hydrogen-bond donors (Lipinski definition) is 0. The van der Waals surface area contributed by atoms with Crippen LogP contribution in [0, 0.1) is 10.5 Å². The van der Waals surface area contributed by atoms with Gasteiger partial charge in [-0.2, -0.15) is 0 Å². The second-order valence-corrected chi connectivity index (χ2v) is 4.68. The Kier molecular flexibility index (Phi) is 3.29. The summed E-state index contributed by atoms with van der Waals surface area (Å²) in [6.07, 6.45) is 0. The van der Waals surface area contributed by atoms with Crippen molar-refractivity contribution < 1.29 is 4.79 Å². The molecular weight excluding hydrogens is 331 g/mol. The minimum absolute atomic E-state index is 0.100. The van der Waals surface area contributed by atoms with E-state index < -0.39 is 0 Å². The van der Waals surface area contributed by atoms with Gasteiger partial charge in [-0.25, -0.2) is 0 Å². The zero-order valence-corrected chi connectivity index (χ0v) is 10.6. The van der Waals surface area contributed by atoms with Crippen molar-refractivity contribution >= 4 is 44.3 Å². The van der Waals surface area contributed by atoms with E-state index >= 15 is 0 Å². The molecule has 0 aliphatic rings. The molecule has 0 aliphatic heterocycles. The van der Waals surface area contributed by atoms with Crippen LogP contribution in [0.4, 0.5) is 0 Å². The fraction of sp³-hybridized carbons (Fsp3) is 0.222. The molecule has 0 heterocycles. The molecule has 0 N–H and O–H groups in total. The zero-order chi connectivity index (χ0) is 9.30. The second kappa shape index (κ2) is 3.87. The first-order valence-electron chi connectivity index (χ1n) is 3.49. The van der Waals surface area contributed by atoms with Crippen LogP contribution in [0.5, 0.6) is 0 Å². The summed E-state index contributed by atoms with van der Waals surface area (Å²) in [6, 6.07) is 3.93. The van der Waals surface area contributed by atoms with Gasteiger partial charge >= 0.3 is 0 Å². The first-order chi connectivity index (χ1) is 5.52. The minimum atomic E-state index is 0.100. The normalized spacial score (nSPS) is 10.0. The third-order valence-electron chi connectivity index (χ3n) is 1.60. The predicted octanol–water partition coefficient (Wildman–Crippen LogP) is 3.56. The van der Waals surface area contributed by atoms with Crippen molar-refractivity contribution in [1.29, 1.82) is 0 Å². The number of hydrogen-bond acceptors (Lipinski definition) is 1. The maximum absolute atomic E-state index is 11.1. The summed E-state index contributed by atoms with van der Waals surface area (Å²) in [7, 11) is 0. The van der Waals surface area contributed by atoms with Crippen LogP contribution >= 0.6 is 38.5 Å². The Morgan fingerprint density at radius 3 is 2.58 bits per heavy atom. The second-order valence-electron chi connectivity index (χ2n) is 2.64. The van der Waals surface area contributed by atoms with Gasteiger partial charge in [0.15, 0.2) is 5.78 Å². The third-order valence-corrected chi connectivity index (χ3v) is 3.27. The van der Waals surface area contributed by atoms with Crippen LogP contribution in [0.2, 0.25) is 0 Å². The largest absolute Gasteiger partial charge is 0.294 e. The van der Waals surface area contributed by atoms with Crippen molar-refractivity contribution in [2.24, 2.45) is 0 Å². The fourth-order valence-electron chi connectivity index (χ4n) is 0.982. The lowest BCUT2D eigenvalue weighted by molar-refractivity contribution is 0.101. The molecule has 0 saturated carbocycles. The van der Waals surface area contributed by atoms with Crippen LogP contribution in [-0.4, -0.2) is 5.78 Å². The Labute approximate surface area is 93.8 Å². The zero-order valence-electron chi connectivity index (χ0n) is 6.82. The van der Waals surface area contributed by atoms with Crippen LogP contribution in [0.25, 0.3) is 0 Å². The molecule has 0 saturated heterocycles. The molecule has 0 amide bonds. The van der Waals surface area contributed by atoms with Crippen LogP contribution in [0.3, 0.4) is 0 Å². The van der Waals surface area contributed by atoms with E-state index in [2.05, 4.69) is 38.5 Å². The molecule has 0 spiro atoms. The van der Waals surface area contributed by atoms with Gasteiger partial charge in [-0.05, 0) is 70.1 Å². The van der Waals surface area contributed by atoms with E-state index in [-0.39, 0.29) is 5.78 Å². The van der Waals surface area contributed by atoms with Crippen LogP contribution in [0.1, 0.15) is 22.8 Å². The van der Waals surface area contributed by atoms with Crippen molar-refractivity contribution in [2.75, 3.05) is 0 Å². The Hall–Kier alpha value is 0.1000. The SMILES string of the molecule is CC(=O)c1cc(I)cc(C)c1Br. The molecular formula is C9H8BrIO. The number of benzene rings is 1. The van der Waals surface area contributed by atoms with Crippen molar-refractivity contribution in [1.82, 2.24) is 0 Å². The number of rotatable bonds is 1. The Morgan fingerprint density at radius 2 is 2.08 bits per heavy atom. The van der Waals surface area contributed by atoms with Crippen LogP contribution in [0.15, 0.2) is 16.6 Å². The maximum atomic E-state index is 11.1. The van der Waals surface area contributed by atoms with Gasteiger partial charge in [-0.1, -0.05) is 0 Å². The highest BCUT2D eigenvalue weighted by Crippen LogP contribution is 2.24. The predicted molar refractivity (Wildman–Crippen MR) is 61.6 cm³/mol. The summed E-state index contributed by atoms with van der Waals surface area (Å²) in [5, 5.41) is 0. The smallest absolute Gasteiger partial charge is 0.160 e. The van der Waals surface area contributed by atoms with E-state index in [4.69, 9.17) is 0 Å². The van der Waals surface area contributed by atoms with Gasteiger partial charge in [0.25, 0.3) is 0 Å². The van der Waals surface area contributed by atoms with Gasteiger partial charge < -0.3 is 0 Å². The highest BCUT2D eigenvalue weighted by atomic mass is 127. The van der Waals surface area contributed by atoms with Gasteiger partial charge in [0, 0.05) is 13.6 Å². The highest BCUT2D eigenvalue weighted by molar-refractivity contribution is 14.1. The van der Waals surface area contributed by atoms with E-state index in [1.54, 1.807) is 6.92 Å². The highest BCUT2D eigenvalue weighted by Gasteiger charge is 2.07. The molecule has 1 rings (SSSR count).